The van der Waals surface area contributed by atoms with Gasteiger partial charge < -0.3 is 10.2 Å². The summed E-state index contributed by atoms with van der Waals surface area (Å²) in [6.07, 6.45) is 3.64. The van der Waals surface area contributed by atoms with E-state index in [0.29, 0.717) is 11.4 Å². The van der Waals surface area contributed by atoms with Crippen molar-refractivity contribution in [2.45, 2.75) is 12.1 Å². The number of amides is 3. The van der Waals surface area contributed by atoms with Crippen LogP contribution in [0.1, 0.15) is 5.56 Å². The normalized spacial score (nSPS) is 22.8. The zero-order chi connectivity index (χ0) is 27.4. The quantitative estimate of drug-likeness (QED) is 0.301. The molecule has 3 aromatic rings. The van der Waals surface area contributed by atoms with Crippen LogP contribution in [-0.4, -0.2) is 39.7 Å². The van der Waals surface area contributed by atoms with Gasteiger partial charge in [-0.2, -0.15) is 0 Å². The minimum atomic E-state index is -1.10. The van der Waals surface area contributed by atoms with E-state index in [1.165, 1.54) is 42.5 Å². The Kier molecular flexibility index (Phi) is 5.45. The van der Waals surface area contributed by atoms with Crippen LogP contribution in [0.4, 0.5) is 28.4 Å². The molecule has 12 nitrogen and oxygen atoms in total. The maximum absolute atomic E-state index is 13.9. The third-order valence-corrected chi connectivity index (χ3v) is 7.33. The highest BCUT2D eigenvalue weighted by Gasteiger charge is 2.64. The first-order valence-electron chi connectivity index (χ1n) is 12.0. The summed E-state index contributed by atoms with van der Waals surface area (Å²) in [4.78, 5) is 65.3. The Morgan fingerprint density at radius 2 is 1.51 bits per heavy atom. The predicted molar refractivity (Wildman–Crippen MR) is 140 cm³/mol. The van der Waals surface area contributed by atoms with E-state index < -0.39 is 51.5 Å². The molecule has 0 unspecified atom stereocenters. The number of nitrogens with one attached hydrogen (secondary N) is 1. The van der Waals surface area contributed by atoms with Gasteiger partial charge in [-0.15, -0.1) is 0 Å². The van der Waals surface area contributed by atoms with Crippen molar-refractivity contribution in [3.63, 3.8) is 0 Å². The topological polar surface area (TPSA) is 156 Å². The Morgan fingerprint density at radius 3 is 2.23 bits per heavy atom. The number of hydrogen-bond acceptors (Lipinski definition) is 8. The number of imide groups is 1. The lowest BCUT2D eigenvalue weighted by atomic mass is 9.88. The number of fused-ring (bicyclic) bond motifs is 5. The molecule has 2 fully saturated rings. The lowest BCUT2D eigenvalue weighted by Gasteiger charge is -2.36. The average molecular weight is 525 g/mol. The largest absolute Gasteiger partial charge is 0.351 e. The Labute approximate surface area is 220 Å². The van der Waals surface area contributed by atoms with Crippen LogP contribution in [0.5, 0.6) is 0 Å². The van der Waals surface area contributed by atoms with Crippen LogP contribution in [0.25, 0.3) is 6.08 Å². The Morgan fingerprint density at radius 1 is 0.821 bits per heavy atom. The van der Waals surface area contributed by atoms with Gasteiger partial charge in [0.1, 0.15) is 6.04 Å². The van der Waals surface area contributed by atoms with E-state index in [1.54, 1.807) is 17.0 Å². The number of carbonyl (C=O) groups excluding carboxylic acids is 3. The molecule has 3 aliphatic heterocycles. The molecule has 12 heteroatoms. The van der Waals surface area contributed by atoms with Crippen molar-refractivity contribution >= 4 is 52.2 Å². The van der Waals surface area contributed by atoms with Crippen LogP contribution in [0.3, 0.4) is 0 Å². The van der Waals surface area contributed by atoms with E-state index in [0.717, 1.165) is 16.5 Å². The van der Waals surface area contributed by atoms with Crippen molar-refractivity contribution in [1.29, 1.82) is 0 Å². The molecule has 0 radical (unpaired) electrons. The monoisotopic (exact) mass is 525 g/mol. The van der Waals surface area contributed by atoms with E-state index in [4.69, 9.17) is 0 Å². The lowest BCUT2D eigenvalue weighted by Crippen LogP contribution is -2.50. The van der Waals surface area contributed by atoms with Gasteiger partial charge in [-0.1, -0.05) is 36.4 Å². The zero-order valence-corrected chi connectivity index (χ0v) is 20.0. The summed E-state index contributed by atoms with van der Waals surface area (Å²) in [5.41, 5.74) is 1.44. The first-order chi connectivity index (χ1) is 18.8. The smallest absolute Gasteiger partial charge is 0.271 e. The number of nitrogens with zero attached hydrogens (tertiary/aromatic N) is 4. The van der Waals surface area contributed by atoms with Gasteiger partial charge in [0.05, 0.1) is 33.4 Å². The number of nitro benzene ring substituents is 2. The van der Waals surface area contributed by atoms with E-state index in [1.807, 2.05) is 24.3 Å². The number of rotatable bonds is 5. The van der Waals surface area contributed by atoms with Gasteiger partial charge in [-0.3, -0.25) is 34.6 Å². The van der Waals surface area contributed by atoms with Crippen molar-refractivity contribution < 1.29 is 24.2 Å². The number of anilines is 3. The van der Waals surface area contributed by atoms with Crippen molar-refractivity contribution in [2.75, 3.05) is 15.1 Å². The minimum absolute atomic E-state index is 0.0647. The fourth-order valence-corrected chi connectivity index (χ4v) is 5.70. The third kappa shape index (κ3) is 3.72. The highest BCUT2D eigenvalue weighted by molar-refractivity contribution is 6.25. The molecular formula is C27H19N5O7. The lowest BCUT2D eigenvalue weighted by molar-refractivity contribution is -0.385. The first kappa shape index (κ1) is 24.0. The number of hydrogen-bond donors (Lipinski definition) is 1. The second-order valence-corrected chi connectivity index (χ2v) is 9.39. The maximum atomic E-state index is 13.9. The number of benzene rings is 3. The summed E-state index contributed by atoms with van der Waals surface area (Å²) in [5, 5.41) is 25.1. The first-order valence-corrected chi connectivity index (χ1v) is 12.0. The van der Waals surface area contributed by atoms with Gasteiger partial charge in [-0.25, -0.2) is 4.90 Å². The summed E-state index contributed by atoms with van der Waals surface area (Å²) < 4.78 is 0. The molecule has 6 rings (SSSR count). The number of carbonyl (C=O) groups is 3. The number of nitro groups is 2. The van der Waals surface area contributed by atoms with E-state index >= 15 is 0 Å². The van der Waals surface area contributed by atoms with Gasteiger partial charge in [-0.05, 0) is 29.8 Å². The van der Waals surface area contributed by atoms with Gasteiger partial charge in [0.15, 0.2) is 0 Å². The molecule has 0 aliphatic carbocycles. The van der Waals surface area contributed by atoms with Crippen molar-refractivity contribution in [3.05, 3.63) is 105 Å². The van der Waals surface area contributed by atoms with Crippen molar-refractivity contribution in [2.24, 2.45) is 11.8 Å². The molecule has 4 atom stereocenters. The summed E-state index contributed by atoms with van der Waals surface area (Å²) in [7, 11) is 0. The molecular weight excluding hydrogens is 506 g/mol. The zero-order valence-electron chi connectivity index (χ0n) is 20.0. The average Bonchev–Trinajstić information content (AvgIpc) is 3.41. The highest BCUT2D eigenvalue weighted by Crippen LogP contribution is 2.49. The summed E-state index contributed by atoms with van der Waals surface area (Å²) >= 11 is 0. The maximum Gasteiger partial charge on any atom is 0.271 e. The molecule has 1 N–H and O–H groups in total. The summed E-state index contributed by atoms with van der Waals surface area (Å²) in [6.45, 7) is 0. The minimum Gasteiger partial charge on any atom is -0.351 e. The molecule has 3 heterocycles. The molecule has 2 saturated heterocycles. The number of non-ortho nitro benzene ring substituents is 2. The van der Waals surface area contributed by atoms with Crippen LogP contribution >= 0.6 is 0 Å². The van der Waals surface area contributed by atoms with Crippen molar-refractivity contribution in [3.8, 4) is 0 Å². The third-order valence-electron chi connectivity index (χ3n) is 7.33. The summed E-state index contributed by atoms with van der Waals surface area (Å²) in [5.74, 6) is -3.72. The second-order valence-electron chi connectivity index (χ2n) is 9.39. The van der Waals surface area contributed by atoms with Gasteiger partial charge >= 0.3 is 0 Å². The van der Waals surface area contributed by atoms with Gasteiger partial charge in [0, 0.05) is 35.6 Å². The van der Waals surface area contributed by atoms with Gasteiger partial charge in [0.2, 0.25) is 17.7 Å². The molecule has 0 saturated carbocycles. The van der Waals surface area contributed by atoms with Crippen LogP contribution in [0.2, 0.25) is 0 Å². The molecule has 0 bridgehead atoms. The van der Waals surface area contributed by atoms with E-state index in [2.05, 4.69) is 5.32 Å². The van der Waals surface area contributed by atoms with Gasteiger partial charge in [0.25, 0.3) is 11.4 Å². The Bertz CT molecular complexity index is 1600. The van der Waals surface area contributed by atoms with Crippen LogP contribution in [0.15, 0.2) is 78.9 Å². The summed E-state index contributed by atoms with van der Waals surface area (Å²) in [6, 6.07) is 16.1. The Balaban J connectivity index is 1.41. The molecule has 0 aromatic heterocycles. The predicted octanol–water partition coefficient (Wildman–Crippen LogP) is 3.53. The fourth-order valence-electron chi connectivity index (χ4n) is 5.70. The molecule has 0 spiro atoms. The highest BCUT2D eigenvalue weighted by atomic mass is 16.6. The second kappa shape index (κ2) is 8.87. The van der Waals surface area contributed by atoms with Crippen LogP contribution in [0, 0.1) is 32.1 Å². The standard InChI is InChI=1S/C27H19N5O7/c33-25(28-16-9-11-17(12-10-16)31(36)37)24-23-22(21-13-8-15-4-1-2-7-20(15)30(21)24)26(34)29(27(23)35)18-5-3-6-19(14-18)32(38)39/h1-14,21-24H,(H,28,33)/t21-,22+,23+,24-/m0/s1. The SMILES string of the molecule is O=C(Nc1ccc([N+](=O)[O-])cc1)[C@@H]1[C@@H]2C(=O)N(c3cccc([N+](=O)[O-])c3)C(=O)[C@@H]2[C@@H]2C=Cc3ccccc3N12. The van der Waals surface area contributed by atoms with Crippen molar-refractivity contribution in [1.82, 2.24) is 0 Å². The van der Waals surface area contributed by atoms with E-state index in [-0.39, 0.29) is 17.1 Å². The molecule has 3 amide bonds. The molecule has 3 aromatic carbocycles. The molecule has 3 aliphatic rings. The van der Waals surface area contributed by atoms with Crippen LogP contribution < -0.4 is 15.1 Å². The molecule has 39 heavy (non-hydrogen) atoms. The molecule has 194 valence electrons. The van der Waals surface area contributed by atoms with E-state index in [9.17, 15) is 34.6 Å². The Hall–Kier alpha value is -5.39. The fraction of sp³-hybridized carbons (Fsp3) is 0.148. The number of para-hydroxylation sites is 1. The van der Waals surface area contributed by atoms with Crippen LogP contribution in [-0.2, 0) is 14.4 Å².